The predicted octanol–water partition coefficient (Wildman–Crippen LogP) is 0.537. The van der Waals surface area contributed by atoms with E-state index in [-0.39, 0.29) is 10.4 Å². The summed E-state index contributed by atoms with van der Waals surface area (Å²) in [5.41, 5.74) is 6.02. The number of aromatic nitrogens is 4. The Balaban J connectivity index is 2.01. The first-order valence-electron chi connectivity index (χ1n) is 7.02. The summed E-state index contributed by atoms with van der Waals surface area (Å²) in [6, 6.07) is -0.524. The fraction of sp³-hybridized carbons (Fsp3) is 0.538. The predicted molar refractivity (Wildman–Crippen MR) is 82.9 cm³/mol. The van der Waals surface area contributed by atoms with Crippen molar-refractivity contribution < 1.29 is 15.0 Å². The molecule has 2 aromatic heterocycles. The van der Waals surface area contributed by atoms with E-state index in [2.05, 4.69) is 15.0 Å². The molecule has 1 saturated carbocycles. The van der Waals surface area contributed by atoms with Crippen LogP contribution in [-0.2, 0) is 4.79 Å². The number of carbonyl (C=O) groups is 1. The highest BCUT2D eigenvalue weighted by Crippen LogP contribution is 2.40. The van der Waals surface area contributed by atoms with E-state index in [0.717, 1.165) is 0 Å². The second-order valence-electron chi connectivity index (χ2n) is 5.75. The van der Waals surface area contributed by atoms with Crippen molar-refractivity contribution >= 4 is 40.3 Å². The molecule has 1 unspecified atom stereocenters. The van der Waals surface area contributed by atoms with E-state index >= 15 is 0 Å². The summed E-state index contributed by atoms with van der Waals surface area (Å²) in [4.78, 5) is 23.4. The van der Waals surface area contributed by atoms with Crippen LogP contribution in [0.25, 0.3) is 11.2 Å². The molecule has 1 amide bonds. The third kappa shape index (κ3) is 2.65. The van der Waals surface area contributed by atoms with Crippen LogP contribution in [0.2, 0.25) is 10.4 Å². The van der Waals surface area contributed by atoms with Crippen molar-refractivity contribution in [1.82, 2.24) is 19.5 Å². The van der Waals surface area contributed by atoms with Crippen LogP contribution in [0.4, 0.5) is 0 Å². The number of imidazole rings is 1. The second kappa shape index (κ2) is 5.86. The molecule has 0 aliphatic heterocycles. The number of hydrogen-bond acceptors (Lipinski definition) is 6. The monoisotopic (exact) mass is 359 g/mol. The number of hydrogen-bond donors (Lipinski definition) is 3. The average Bonchev–Trinajstić information content (AvgIpc) is 3.01. The van der Waals surface area contributed by atoms with E-state index in [0.29, 0.717) is 17.6 Å². The summed E-state index contributed by atoms with van der Waals surface area (Å²) in [5, 5.41) is 20.7. The summed E-state index contributed by atoms with van der Waals surface area (Å²) in [7, 11) is 0. The molecular weight excluding hydrogens is 345 g/mol. The average molecular weight is 360 g/mol. The molecule has 2 heterocycles. The van der Waals surface area contributed by atoms with Crippen molar-refractivity contribution in [3.63, 3.8) is 0 Å². The number of aliphatic hydroxyl groups excluding tert-OH is 2. The third-order valence-electron chi connectivity index (χ3n) is 4.50. The molecule has 3 rings (SSSR count). The van der Waals surface area contributed by atoms with E-state index in [1.165, 1.54) is 6.33 Å². The first kappa shape index (κ1) is 16.4. The Hall–Kier alpha value is -1.48. The lowest BCUT2D eigenvalue weighted by molar-refractivity contribution is -0.124. The minimum atomic E-state index is -1.09. The standard InChI is InChI=1S/C13H15Cl2N5O3/c1-4(11(16)23)5-2-6(9(22)8(5)21)20-3-17-7-10(14)18-13(15)19-12(7)20/h3-6,8-9,21-22H,2H2,1H3,(H2,16,23)/t4?,5-,6+,8+,9-/m0/s1. The Bertz CT molecular complexity index is 767. The van der Waals surface area contributed by atoms with Crippen LogP contribution < -0.4 is 5.73 Å². The van der Waals surface area contributed by atoms with Crippen molar-refractivity contribution in [2.24, 2.45) is 17.6 Å². The molecule has 23 heavy (non-hydrogen) atoms. The molecular formula is C13H15Cl2N5O3. The summed E-state index contributed by atoms with van der Waals surface area (Å²) >= 11 is 11.8. The van der Waals surface area contributed by atoms with Crippen molar-refractivity contribution in [3.05, 3.63) is 16.8 Å². The molecule has 2 aromatic rings. The van der Waals surface area contributed by atoms with Gasteiger partial charge in [0, 0.05) is 11.8 Å². The molecule has 0 aromatic carbocycles. The summed E-state index contributed by atoms with van der Waals surface area (Å²) in [6.45, 7) is 1.63. The van der Waals surface area contributed by atoms with Gasteiger partial charge in [-0.3, -0.25) is 4.79 Å². The summed E-state index contributed by atoms with van der Waals surface area (Å²) in [5.74, 6) is -1.55. The van der Waals surface area contributed by atoms with E-state index in [4.69, 9.17) is 28.9 Å². The molecule has 1 fully saturated rings. The minimum Gasteiger partial charge on any atom is -0.390 e. The fourth-order valence-electron chi connectivity index (χ4n) is 3.13. The van der Waals surface area contributed by atoms with Gasteiger partial charge in [-0.15, -0.1) is 0 Å². The van der Waals surface area contributed by atoms with Gasteiger partial charge in [0.15, 0.2) is 10.8 Å². The molecule has 0 radical (unpaired) electrons. The topological polar surface area (TPSA) is 127 Å². The van der Waals surface area contributed by atoms with Crippen molar-refractivity contribution in [3.8, 4) is 0 Å². The summed E-state index contributed by atoms with van der Waals surface area (Å²) < 4.78 is 1.59. The van der Waals surface area contributed by atoms with E-state index in [1.807, 2.05) is 0 Å². The number of amides is 1. The zero-order valence-corrected chi connectivity index (χ0v) is 13.6. The van der Waals surface area contributed by atoms with Gasteiger partial charge in [0.25, 0.3) is 0 Å². The van der Waals surface area contributed by atoms with Gasteiger partial charge in [-0.1, -0.05) is 18.5 Å². The Labute approximate surface area is 141 Å². The SMILES string of the molecule is CC(C(N)=O)[C@@H]1C[C@@H](n2cnc3c(Cl)nc(Cl)nc32)[C@H](O)[C@@H]1O. The molecule has 0 bridgehead atoms. The number of nitrogens with two attached hydrogens (primary N) is 1. The number of rotatable bonds is 3. The Morgan fingerprint density at radius 3 is 2.74 bits per heavy atom. The molecule has 0 spiro atoms. The number of halogens is 2. The van der Waals surface area contributed by atoms with Gasteiger partial charge in [-0.2, -0.15) is 4.98 Å². The number of nitrogens with zero attached hydrogens (tertiary/aromatic N) is 4. The second-order valence-corrected chi connectivity index (χ2v) is 6.44. The van der Waals surface area contributed by atoms with E-state index in [1.54, 1.807) is 11.5 Å². The lowest BCUT2D eigenvalue weighted by Crippen LogP contribution is -2.35. The van der Waals surface area contributed by atoms with Gasteiger partial charge in [0.2, 0.25) is 11.2 Å². The van der Waals surface area contributed by atoms with Gasteiger partial charge >= 0.3 is 0 Å². The number of fused-ring (bicyclic) bond motifs is 1. The van der Waals surface area contributed by atoms with Crippen LogP contribution in [0.1, 0.15) is 19.4 Å². The number of aliphatic hydroxyl groups is 2. The van der Waals surface area contributed by atoms with Crippen molar-refractivity contribution in [2.45, 2.75) is 31.6 Å². The van der Waals surface area contributed by atoms with Gasteiger partial charge in [-0.05, 0) is 18.0 Å². The normalized spacial score (nSPS) is 29.1. The molecule has 124 valence electrons. The smallest absolute Gasteiger partial charge is 0.225 e. The molecule has 10 heteroatoms. The molecule has 0 saturated heterocycles. The first-order valence-corrected chi connectivity index (χ1v) is 7.78. The zero-order chi connectivity index (χ0) is 16.9. The quantitative estimate of drug-likeness (QED) is 0.542. The van der Waals surface area contributed by atoms with Crippen LogP contribution >= 0.6 is 23.2 Å². The molecule has 1 aliphatic rings. The third-order valence-corrected chi connectivity index (χ3v) is 4.93. The van der Waals surface area contributed by atoms with Gasteiger partial charge in [0.05, 0.1) is 18.5 Å². The lowest BCUT2D eigenvalue weighted by Gasteiger charge is -2.20. The zero-order valence-electron chi connectivity index (χ0n) is 12.1. The van der Waals surface area contributed by atoms with Crippen LogP contribution in [0.5, 0.6) is 0 Å². The maximum Gasteiger partial charge on any atom is 0.225 e. The maximum absolute atomic E-state index is 11.4. The molecule has 1 aliphatic carbocycles. The largest absolute Gasteiger partial charge is 0.390 e. The van der Waals surface area contributed by atoms with Crippen LogP contribution in [0, 0.1) is 11.8 Å². The van der Waals surface area contributed by atoms with Gasteiger partial charge < -0.3 is 20.5 Å². The van der Waals surface area contributed by atoms with Crippen molar-refractivity contribution in [1.29, 1.82) is 0 Å². The molecule has 5 atom stereocenters. The summed E-state index contributed by atoms with van der Waals surface area (Å²) in [6.07, 6.45) is -0.365. The van der Waals surface area contributed by atoms with Gasteiger partial charge in [0.1, 0.15) is 11.6 Å². The van der Waals surface area contributed by atoms with E-state index < -0.39 is 36.0 Å². The molecule has 8 nitrogen and oxygen atoms in total. The Morgan fingerprint density at radius 2 is 2.09 bits per heavy atom. The first-order chi connectivity index (χ1) is 10.8. The maximum atomic E-state index is 11.4. The highest BCUT2D eigenvalue weighted by molar-refractivity contribution is 6.35. The Morgan fingerprint density at radius 1 is 1.39 bits per heavy atom. The highest BCUT2D eigenvalue weighted by atomic mass is 35.5. The number of carbonyl (C=O) groups excluding carboxylic acids is 1. The van der Waals surface area contributed by atoms with Gasteiger partial charge in [-0.25, -0.2) is 9.97 Å². The highest BCUT2D eigenvalue weighted by Gasteiger charge is 2.46. The number of primary amides is 1. The minimum absolute atomic E-state index is 0.0423. The van der Waals surface area contributed by atoms with Crippen LogP contribution in [0.3, 0.4) is 0 Å². The van der Waals surface area contributed by atoms with Crippen LogP contribution in [-0.4, -0.2) is 47.8 Å². The molecule has 4 N–H and O–H groups in total. The lowest BCUT2D eigenvalue weighted by atomic mass is 9.90. The fourth-order valence-corrected chi connectivity index (χ4v) is 3.55. The van der Waals surface area contributed by atoms with Crippen LogP contribution in [0.15, 0.2) is 6.33 Å². The Kier molecular flexibility index (Phi) is 4.18. The van der Waals surface area contributed by atoms with E-state index in [9.17, 15) is 15.0 Å². The van der Waals surface area contributed by atoms with Crippen molar-refractivity contribution in [2.75, 3.05) is 0 Å².